The summed E-state index contributed by atoms with van der Waals surface area (Å²) in [6.45, 7) is -0.469. The van der Waals surface area contributed by atoms with Gasteiger partial charge < -0.3 is 4.74 Å². The van der Waals surface area contributed by atoms with Crippen molar-refractivity contribution in [3.05, 3.63) is 78.1 Å². The SMILES string of the molecule is O=C(CNS(=O)(=O)c1ccc(F)cc1)OCc1cccc2ccccc12. The zero-order chi connectivity index (χ0) is 18.6. The highest BCUT2D eigenvalue weighted by Gasteiger charge is 2.16. The van der Waals surface area contributed by atoms with Gasteiger partial charge in [-0.3, -0.25) is 4.79 Å². The fourth-order valence-corrected chi connectivity index (χ4v) is 3.45. The standard InChI is InChI=1S/C19H16FNO4S/c20-16-8-10-17(11-9-16)26(23,24)21-12-19(22)25-13-15-6-3-5-14-4-1-2-7-18(14)15/h1-11,21H,12-13H2. The molecule has 0 aliphatic carbocycles. The molecule has 26 heavy (non-hydrogen) atoms. The molecule has 0 aromatic heterocycles. The molecule has 0 unspecified atom stereocenters. The predicted octanol–water partition coefficient (Wildman–Crippen LogP) is 3.00. The first-order chi connectivity index (χ1) is 12.5. The molecule has 0 amide bonds. The summed E-state index contributed by atoms with van der Waals surface area (Å²) in [7, 11) is -3.91. The summed E-state index contributed by atoms with van der Waals surface area (Å²) in [5.74, 6) is -1.25. The van der Waals surface area contributed by atoms with Gasteiger partial charge in [-0.15, -0.1) is 0 Å². The zero-order valence-corrected chi connectivity index (χ0v) is 14.5. The number of hydrogen-bond acceptors (Lipinski definition) is 4. The highest BCUT2D eigenvalue weighted by molar-refractivity contribution is 7.89. The van der Waals surface area contributed by atoms with Gasteiger partial charge in [-0.05, 0) is 40.6 Å². The first kappa shape index (κ1) is 18.0. The van der Waals surface area contributed by atoms with Crippen LogP contribution in [0.3, 0.4) is 0 Å². The van der Waals surface area contributed by atoms with Crippen molar-refractivity contribution < 1.29 is 22.3 Å². The number of rotatable bonds is 6. The van der Waals surface area contributed by atoms with Crippen LogP contribution in [0.2, 0.25) is 0 Å². The summed E-state index contributed by atoms with van der Waals surface area (Å²) in [6.07, 6.45) is 0. The first-order valence-electron chi connectivity index (χ1n) is 7.83. The molecule has 3 rings (SSSR count). The predicted molar refractivity (Wildman–Crippen MR) is 95.3 cm³/mol. The van der Waals surface area contributed by atoms with Crippen molar-refractivity contribution in [2.24, 2.45) is 0 Å². The summed E-state index contributed by atoms with van der Waals surface area (Å²) in [5, 5.41) is 1.99. The van der Waals surface area contributed by atoms with Gasteiger partial charge in [0, 0.05) is 0 Å². The Morgan fingerprint density at radius 3 is 2.42 bits per heavy atom. The number of carbonyl (C=O) groups is 1. The van der Waals surface area contributed by atoms with Gasteiger partial charge in [0.1, 0.15) is 19.0 Å². The van der Waals surface area contributed by atoms with Crippen molar-refractivity contribution in [3.63, 3.8) is 0 Å². The number of benzene rings is 3. The maximum atomic E-state index is 12.9. The smallest absolute Gasteiger partial charge is 0.321 e. The quantitative estimate of drug-likeness (QED) is 0.674. The van der Waals surface area contributed by atoms with Gasteiger partial charge >= 0.3 is 5.97 Å². The molecular formula is C19H16FNO4S. The maximum absolute atomic E-state index is 12.9. The van der Waals surface area contributed by atoms with Gasteiger partial charge in [-0.1, -0.05) is 42.5 Å². The van der Waals surface area contributed by atoms with E-state index in [2.05, 4.69) is 4.72 Å². The summed E-state index contributed by atoms with van der Waals surface area (Å²) in [6, 6.07) is 17.7. The lowest BCUT2D eigenvalue weighted by molar-refractivity contribution is -0.143. The molecule has 0 atom stereocenters. The molecule has 0 saturated heterocycles. The van der Waals surface area contributed by atoms with Crippen LogP contribution in [-0.2, 0) is 26.2 Å². The summed E-state index contributed by atoms with van der Waals surface area (Å²) < 4.78 is 44.3. The number of sulfonamides is 1. The molecule has 3 aromatic rings. The Hall–Kier alpha value is -2.77. The lowest BCUT2D eigenvalue weighted by Crippen LogP contribution is -2.30. The summed E-state index contributed by atoms with van der Waals surface area (Å²) in [4.78, 5) is 11.8. The first-order valence-corrected chi connectivity index (χ1v) is 9.31. The average molecular weight is 373 g/mol. The van der Waals surface area contributed by atoms with E-state index in [0.29, 0.717) is 0 Å². The van der Waals surface area contributed by atoms with E-state index in [9.17, 15) is 17.6 Å². The van der Waals surface area contributed by atoms with Crippen LogP contribution in [0, 0.1) is 5.82 Å². The van der Waals surface area contributed by atoms with Gasteiger partial charge in [0.2, 0.25) is 10.0 Å². The number of hydrogen-bond donors (Lipinski definition) is 1. The molecule has 5 nitrogen and oxygen atoms in total. The van der Waals surface area contributed by atoms with Gasteiger partial charge in [0.05, 0.1) is 4.90 Å². The molecule has 0 spiro atoms. The molecule has 0 radical (unpaired) electrons. The number of ether oxygens (including phenoxy) is 1. The lowest BCUT2D eigenvalue weighted by atomic mass is 10.1. The molecule has 0 fully saturated rings. The number of halogens is 1. The summed E-state index contributed by atoms with van der Waals surface area (Å²) in [5.41, 5.74) is 0.831. The van der Waals surface area contributed by atoms with E-state index in [1.54, 1.807) is 0 Å². The van der Waals surface area contributed by atoms with Crippen LogP contribution in [0.5, 0.6) is 0 Å². The Balaban J connectivity index is 1.60. The van der Waals surface area contributed by atoms with Gasteiger partial charge in [0.25, 0.3) is 0 Å². The van der Waals surface area contributed by atoms with E-state index >= 15 is 0 Å². The second-order valence-corrected chi connectivity index (χ2v) is 7.34. The minimum Gasteiger partial charge on any atom is -0.460 e. The zero-order valence-electron chi connectivity index (χ0n) is 13.7. The minimum absolute atomic E-state index is 0.0401. The lowest BCUT2D eigenvalue weighted by Gasteiger charge is -2.09. The normalized spacial score (nSPS) is 11.4. The van der Waals surface area contributed by atoms with E-state index in [0.717, 1.165) is 40.6 Å². The molecule has 0 aliphatic rings. The van der Waals surface area contributed by atoms with Crippen molar-refractivity contribution in [3.8, 4) is 0 Å². The molecule has 1 N–H and O–H groups in total. The Morgan fingerprint density at radius 1 is 0.962 bits per heavy atom. The van der Waals surface area contributed by atoms with Crippen LogP contribution in [0.15, 0.2) is 71.6 Å². The van der Waals surface area contributed by atoms with E-state index in [1.165, 1.54) is 0 Å². The third-order valence-electron chi connectivity index (χ3n) is 3.80. The molecular weight excluding hydrogens is 357 g/mol. The van der Waals surface area contributed by atoms with E-state index in [1.807, 2.05) is 42.5 Å². The monoisotopic (exact) mass is 373 g/mol. The Morgan fingerprint density at radius 2 is 1.65 bits per heavy atom. The Kier molecular flexibility index (Phi) is 5.29. The fraction of sp³-hybridized carbons (Fsp3) is 0.105. The number of fused-ring (bicyclic) bond motifs is 1. The molecule has 0 aliphatic heterocycles. The number of esters is 1. The fourth-order valence-electron chi connectivity index (χ4n) is 2.48. The van der Waals surface area contributed by atoms with Gasteiger partial charge in [0.15, 0.2) is 0 Å². The highest BCUT2D eigenvalue weighted by atomic mass is 32.2. The van der Waals surface area contributed by atoms with Crippen LogP contribution < -0.4 is 4.72 Å². The average Bonchev–Trinajstić information content (AvgIpc) is 2.65. The second-order valence-electron chi connectivity index (χ2n) is 5.58. The minimum atomic E-state index is -3.91. The van der Waals surface area contributed by atoms with Crippen molar-refractivity contribution in [1.29, 1.82) is 0 Å². The molecule has 0 bridgehead atoms. The Bertz CT molecular complexity index is 1030. The van der Waals surface area contributed by atoms with Crippen molar-refractivity contribution in [2.75, 3.05) is 6.54 Å². The van der Waals surface area contributed by atoms with E-state index in [4.69, 9.17) is 4.74 Å². The van der Waals surface area contributed by atoms with Crippen LogP contribution >= 0.6 is 0 Å². The van der Waals surface area contributed by atoms with Crippen molar-refractivity contribution in [1.82, 2.24) is 4.72 Å². The van der Waals surface area contributed by atoms with Crippen molar-refractivity contribution >= 4 is 26.8 Å². The van der Waals surface area contributed by atoms with E-state index in [-0.39, 0.29) is 11.5 Å². The van der Waals surface area contributed by atoms with Gasteiger partial charge in [-0.25, -0.2) is 12.8 Å². The topological polar surface area (TPSA) is 72.5 Å². The molecule has 134 valence electrons. The van der Waals surface area contributed by atoms with Crippen LogP contribution in [0.4, 0.5) is 4.39 Å². The van der Waals surface area contributed by atoms with E-state index < -0.39 is 28.4 Å². The molecule has 0 heterocycles. The van der Waals surface area contributed by atoms with Crippen molar-refractivity contribution in [2.45, 2.75) is 11.5 Å². The van der Waals surface area contributed by atoms with Crippen LogP contribution in [0.1, 0.15) is 5.56 Å². The van der Waals surface area contributed by atoms with Gasteiger partial charge in [-0.2, -0.15) is 4.72 Å². The summed E-state index contributed by atoms with van der Waals surface area (Å²) >= 11 is 0. The molecule has 7 heteroatoms. The largest absolute Gasteiger partial charge is 0.460 e. The third kappa shape index (κ3) is 4.25. The third-order valence-corrected chi connectivity index (χ3v) is 5.22. The highest BCUT2D eigenvalue weighted by Crippen LogP contribution is 2.19. The number of nitrogens with one attached hydrogen (secondary N) is 1. The second kappa shape index (κ2) is 7.63. The maximum Gasteiger partial charge on any atom is 0.321 e. The van der Waals surface area contributed by atoms with Crippen LogP contribution in [0.25, 0.3) is 10.8 Å². The molecule has 3 aromatic carbocycles. The van der Waals surface area contributed by atoms with Crippen LogP contribution in [-0.4, -0.2) is 20.9 Å². The molecule has 0 saturated carbocycles. The number of carbonyl (C=O) groups excluding carboxylic acids is 1. The Labute approximate surface area is 150 Å².